The Morgan fingerprint density at radius 3 is 2.96 bits per heavy atom. The number of hydrogen-bond acceptors (Lipinski definition) is 1. The number of benzene rings is 2. The van der Waals surface area contributed by atoms with Crippen molar-refractivity contribution >= 4 is 22.7 Å². The highest BCUT2D eigenvalue weighted by Crippen LogP contribution is 2.28. The van der Waals surface area contributed by atoms with Crippen LogP contribution in [0.5, 0.6) is 0 Å². The average Bonchev–Trinajstić information content (AvgIpc) is 3.22. The first-order valence-electron chi connectivity index (χ1n) is 10.6. The van der Waals surface area contributed by atoms with Gasteiger partial charge in [-0.25, -0.2) is 0 Å². The molecule has 0 radical (unpaired) electrons. The lowest BCUT2D eigenvalue weighted by Crippen LogP contribution is -2.28. The Bertz CT molecular complexity index is 1020. The molecule has 28 heavy (non-hydrogen) atoms. The second-order valence-electron chi connectivity index (χ2n) is 8.22. The molecule has 2 aliphatic rings. The number of aromatic amines is 1. The Balaban J connectivity index is 1.13. The summed E-state index contributed by atoms with van der Waals surface area (Å²) in [6.45, 7) is 2.18. The third-order valence-electron chi connectivity index (χ3n) is 6.36. The van der Waals surface area contributed by atoms with Crippen LogP contribution in [0.1, 0.15) is 36.8 Å². The Morgan fingerprint density at radius 2 is 2.04 bits per heavy atom. The number of allylic oxidation sites excluding steroid dienone is 1. The third kappa shape index (κ3) is 3.64. The normalized spacial score (nSPS) is 18.9. The van der Waals surface area contributed by atoms with E-state index in [2.05, 4.69) is 76.6 Å². The van der Waals surface area contributed by atoms with Crippen LogP contribution >= 0.6 is 0 Å². The molecule has 0 saturated heterocycles. The van der Waals surface area contributed by atoms with Gasteiger partial charge in [0.15, 0.2) is 0 Å². The second-order valence-corrected chi connectivity index (χ2v) is 8.22. The van der Waals surface area contributed by atoms with E-state index in [4.69, 9.17) is 0 Å². The van der Waals surface area contributed by atoms with E-state index >= 15 is 0 Å². The fraction of sp³-hybridized carbons (Fsp3) is 0.308. The predicted molar refractivity (Wildman–Crippen MR) is 120 cm³/mol. The number of anilines is 1. The molecule has 2 heterocycles. The van der Waals surface area contributed by atoms with Gasteiger partial charge in [0, 0.05) is 35.9 Å². The number of rotatable bonds is 5. The minimum absolute atomic E-state index is 0.712. The van der Waals surface area contributed by atoms with E-state index in [-0.39, 0.29) is 0 Å². The van der Waals surface area contributed by atoms with Crippen LogP contribution in [0, 0.1) is 5.92 Å². The molecule has 1 atom stereocenters. The van der Waals surface area contributed by atoms with Crippen molar-refractivity contribution in [3.8, 4) is 0 Å². The van der Waals surface area contributed by atoms with Crippen LogP contribution in [0.25, 0.3) is 17.0 Å². The van der Waals surface area contributed by atoms with Crippen molar-refractivity contribution in [1.82, 2.24) is 4.98 Å². The van der Waals surface area contributed by atoms with E-state index in [0.29, 0.717) is 5.92 Å². The molecule has 142 valence electrons. The monoisotopic (exact) mass is 368 g/mol. The van der Waals surface area contributed by atoms with Gasteiger partial charge in [0.1, 0.15) is 0 Å². The molecular weight excluding hydrogens is 340 g/mol. The molecule has 0 fully saturated rings. The van der Waals surface area contributed by atoms with Crippen LogP contribution in [-0.4, -0.2) is 18.1 Å². The maximum absolute atomic E-state index is 3.28. The van der Waals surface area contributed by atoms with E-state index in [1.165, 1.54) is 59.8 Å². The standard InChI is InChI=1S/C26H28N2/c1-2-7-23-18-21(8-9-22(23)6-1)5-3-4-20-13-16-28(17-14-20)25-10-11-26-24(19-25)12-15-27-26/h1-2,6-13,15,19,21,27H,3-5,14,16-18H2. The molecular formula is C26H28N2. The van der Waals surface area contributed by atoms with Gasteiger partial charge in [-0.1, -0.05) is 48.1 Å². The molecule has 0 spiro atoms. The quantitative estimate of drug-likeness (QED) is 0.519. The second kappa shape index (κ2) is 7.71. The number of H-pyrrole nitrogens is 1. The summed E-state index contributed by atoms with van der Waals surface area (Å²) in [7, 11) is 0. The number of fused-ring (bicyclic) bond motifs is 2. The first-order valence-corrected chi connectivity index (χ1v) is 10.6. The first kappa shape index (κ1) is 17.4. The third-order valence-corrected chi connectivity index (χ3v) is 6.36. The van der Waals surface area contributed by atoms with Gasteiger partial charge >= 0.3 is 0 Å². The van der Waals surface area contributed by atoms with Crippen molar-refractivity contribution < 1.29 is 0 Å². The van der Waals surface area contributed by atoms with Crippen molar-refractivity contribution in [3.63, 3.8) is 0 Å². The molecule has 2 heteroatoms. The van der Waals surface area contributed by atoms with Crippen molar-refractivity contribution in [2.45, 2.75) is 32.1 Å². The molecule has 1 unspecified atom stereocenters. The maximum Gasteiger partial charge on any atom is 0.0455 e. The summed E-state index contributed by atoms with van der Waals surface area (Å²) in [4.78, 5) is 5.77. The molecule has 1 aliphatic carbocycles. The van der Waals surface area contributed by atoms with Crippen LogP contribution in [0.4, 0.5) is 5.69 Å². The summed E-state index contributed by atoms with van der Waals surface area (Å²) in [5.74, 6) is 0.712. The van der Waals surface area contributed by atoms with Gasteiger partial charge in [0.2, 0.25) is 0 Å². The van der Waals surface area contributed by atoms with Crippen molar-refractivity contribution in [2.75, 3.05) is 18.0 Å². The lowest BCUT2D eigenvalue weighted by atomic mass is 9.86. The summed E-state index contributed by atoms with van der Waals surface area (Å²) < 4.78 is 0. The molecule has 0 amide bonds. The average molecular weight is 369 g/mol. The topological polar surface area (TPSA) is 19.0 Å². The van der Waals surface area contributed by atoms with Gasteiger partial charge < -0.3 is 9.88 Å². The first-order chi connectivity index (χ1) is 13.8. The van der Waals surface area contributed by atoms with Crippen molar-refractivity contribution in [1.29, 1.82) is 0 Å². The lowest BCUT2D eigenvalue weighted by Gasteiger charge is -2.29. The van der Waals surface area contributed by atoms with E-state index in [1.807, 2.05) is 6.20 Å². The smallest absolute Gasteiger partial charge is 0.0455 e. The Morgan fingerprint density at radius 1 is 1.07 bits per heavy atom. The minimum Gasteiger partial charge on any atom is -0.367 e. The number of nitrogens with one attached hydrogen (secondary N) is 1. The molecule has 5 rings (SSSR count). The van der Waals surface area contributed by atoms with Crippen molar-refractivity contribution in [2.24, 2.45) is 5.92 Å². The number of aromatic nitrogens is 1. The molecule has 2 nitrogen and oxygen atoms in total. The SMILES string of the molecule is C1=CC(CCCC2=CCN(c3ccc4[nH]ccc4c3)CC2)Cc2ccccc21. The lowest BCUT2D eigenvalue weighted by molar-refractivity contribution is 0.548. The van der Waals surface area contributed by atoms with E-state index in [0.717, 1.165) is 13.1 Å². The van der Waals surface area contributed by atoms with Crippen LogP contribution < -0.4 is 4.90 Å². The fourth-order valence-electron chi connectivity index (χ4n) is 4.67. The minimum atomic E-state index is 0.712. The molecule has 0 saturated carbocycles. The van der Waals surface area contributed by atoms with Gasteiger partial charge in [0.05, 0.1) is 0 Å². The van der Waals surface area contributed by atoms with Crippen LogP contribution in [0.2, 0.25) is 0 Å². The summed E-state index contributed by atoms with van der Waals surface area (Å²) in [5, 5.41) is 1.30. The Hall–Kier alpha value is -2.74. The molecule has 1 aliphatic heterocycles. The zero-order valence-electron chi connectivity index (χ0n) is 16.4. The zero-order chi connectivity index (χ0) is 18.8. The van der Waals surface area contributed by atoms with E-state index in [9.17, 15) is 0 Å². The van der Waals surface area contributed by atoms with Crippen LogP contribution in [-0.2, 0) is 6.42 Å². The van der Waals surface area contributed by atoms with Crippen LogP contribution in [0.15, 0.2) is 72.5 Å². The Labute approximate surface area is 167 Å². The van der Waals surface area contributed by atoms with E-state index < -0.39 is 0 Å². The maximum atomic E-state index is 3.28. The largest absolute Gasteiger partial charge is 0.367 e. The van der Waals surface area contributed by atoms with Crippen LogP contribution in [0.3, 0.4) is 0 Å². The van der Waals surface area contributed by atoms with Crippen molar-refractivity contribution in [3.05, 3.63) is 83.6 Å². The highest BCUT2D eigenvalue weighted by Gasteiger charge is 2.15. The molecule has 1 N–H and O–H groups in total. The number of nitrogens with zero attached hydrogens (tertiary/aromatic N) is 1. The van der Waals surface area contributed by atoms with Gasteiger partial charge in [-0.2, -0.15) is 0 Å². The predicted octanol–water partition coefficient (Wildman–Crippen LogP) is 6.36. The highest BCUT2D eigenvalue weighted by molar-refractivity contribution is 5.83. The summed E-state index contributed by atoms with van der Waals surface area (Å²) in [5.41, 5.74) is 7.14. The highest BCUT2D eigenvalue weighted by atomic mass is 15.1. The van der Waals surface area contributed by atoms with Gasteiger partial charge in [0.25, 0.3) is 0 Å². The van der Waals surface area contributed by atoms with Gasteiger partial charge in [-0.15, -0.1) is 0 Å². The van der Waals surface area contributed by atoms with E-state index in [1.54, 1.807) is 5.57 Å². The summed E-state index contributed by atoms with van der Waals surface area (Å²) in [6.07, 6.45) is 15.5. The van der Waals surface area contributed by atoms with Gasteiger partial charge in [-0.3, -0.25) is 0 Å². The summed E-state index contributed by atoms with van der Waals surface area (Å²) in [6, 6.07) is 17.7. The molecule has 1 aromatic heterocycles. The molecule has 3 aromatic rings. The van der Waals surface area contributed by atoms with Gasteiger partial charge in [-0.05, 0) is 73.4 Å². The zero-order valence-corrected chi connectivity index (χ0v) is 16.4. The molecule has 2 aromatic carbocycles. The molecule has 0 bridgehead atoms. The number of hydrogen-bond donors (Lipinski definition) is 1. The Kier molecular flexibility index (Phi) is 4.78. The summed E-state index contributed by atoms with van der Waals surface area (Å²) >= 11 is 0. The fourth-order valence-corrected chi connectivity index (χ4v) is 4.67.